The fraction of sp³-hybridized carbons (Fsp3) is 0.625. The summed E-state index contributed by atoms with van der Waals surface area (Å²) in [7, 11) is 0. The molecule has 5 N–H and O–H groups in total. The lowest BCUT2D eigenvalue weighted by Crippen LogP contribution is -2.60. The van der Waals surface area contributed by atoms with Gasteiger partial charge in [-0.2, -0.15) is 0 Å². The highest BCUT2D eigenvalue weighted by atomic mass is 32.1. The second-order valence-electron chi connectivity index (χ2n) is 5.99. The van der Waals surface area contributed by atoms with Gasteiger partial charge in [-0.3, -0.25) is 21.7 Å². The van der Waals surface area contributed by atoms with Gasteiger partial charge in [0.1, 0.15) is 9.98 Å². The summed E-state index contributed by atoms with van der Waals surface area (Å²) < 4.78 is 0. The van der Waals surface area contributed by atoms with Gasteiger partial charge in [0.2, 0.25) is 0 Å². The largest absolute Gasteiger partial charge is 0.281 e. The number of rotatable bonds is 9. The van der Waals surface area contributed by atoms with E-state index in [-0.39, 0.29) is 0 Å². The third-order valence-electron chi connectivity index (χ3n) is 3.73. The maximum atomic E-state index is 5.03. The number of hydrazine groups is 6. The highest BCUT2D eigenvalue weighted by Gasteiger charge is 2.16. The Labute approximate surface area is 190 Å². The number of nitrogens with one attached hydrogen (secondary N) is 5. The van der Waals surface area contributed by atoms with Crippen molar-refractivity contribution in [2.45, 2.75) is 46.5 Å². The summed E-state index contributed by atoms with van der Waals surface area (Å²) in [4.78, 5) is 1.32. The Morgan fingerprint density at radius 1 is 0.893 bits per heavy atom. The van der Waals surface area contributed by atoms with Crippen LogP contribution >= 0.6 is 49.7 Å². The predicted octanol–water partition coefficient (Wildman–Crippen LogP) is 2.16. The number of unbranched alkanes of at least 4 members (excludes halogenated alkanes) is 3. The van der Waals surface area contributed by atoms with Gasteiger partial charge in [0.15, 0.2) is 0 Å². The Kier molecular flexibility index (Phi) is 13.1. The Bertz CT molecular complexity index is 565. The van der Waals surface area contributed by atoms with Crippen LogP contribution in [0, 0.1) is 0 Å². The maximum Gasteiger partial charge on any atom is 0.118 e. The number of thiocarbonyl (C=S) groups is 2. The normalized spacial score (nSPS) is 17.5. The van der Waals surface area contributed by atoms with E-state index >= 15 is 0 Å². The minimum atomic E-state index is 0.653. The SMILES string of the molecule is CCCCCCNN1NC(=S)C=C(S)N1.CCN(CC)N1NC(=S)C=C(S)N1. The molecule has 0 spiro atoms. The van der Waals surface area contributed by atoms with Gasteiger partial charge in [-0.15, -0.1) is 25.3 Å². The van der Waals surface area contributed by atoms with E-state index in [0.29, 0.717) is 9.98 Å². The van der Waals surface area contributed by atoms with Crippen molar-refractivity contribution < 1.29 is 0 Å². The standard InChI is InChI=1S/C9H18N4S2.C7H14N4S2/c1-2-3-4-5-6-10-13-11-8(14)7-9(15)12-13;1-3-10(4-2)11-8-6(12)5-7(13)9-11/h7,10-11,14H,2-6H2,1H3,(H,12,15);5,8,12H,3-4H2,1-2H3,(H,9,13). The molecule has 0 atom stereocenters. The molecule has 2 aliphatic heterocycles. The minimum Gasteiger partial charge on any atom is -0.281 e. The molecule has 12 heteroatoms. The van der Waals surface area contributed by atoms with Crippen LogP contribution in [0.4, 0.5) is 0 Å². The minimum absolute atomic E-state index is 0.653. The van der Waals surface area contributed by atoms with Crippen LogP contribution in [0.1, 0.15) is 46.5 Å². The summed E-state index contributed by atoms with van der Waals surface area (Å²) >= 11 is 18.5. The molecule has 0 amide bonds. The van der Waals surface area contributed by atoms with Gasteiger partial charge in [-0.1, -0.05) is 74.9 Å². The zero-order valence-electron chi connectivity index (χ0n) is 16.7. The number of hydrogen-bond donors (Lipinski definition) is 7. The number of thiol groups is 2. The van der Waals surface area contributed by atoms with Gasteiger partial charge in [-0.25, -0.2) is 10.4 Å². The molecule has 28 heavy (non-hydrogen) atoms. The van der Waals surface area contributed by atoms with Crippen LogP contribution in [0.5, 0.6) is 0 Å². The second kappa shape index (κ2) is 14.4. The van der Waals surface area contributed by atoms with Gasteiger partial charge in [-0.05, 0) is 6.42 Å². The lowest BCUT2D eigenvalue weighted by molar-refractivity contribution is -0.0780. The lowest BCUT2D eigenvalue weighted by Gasteiger charge is -2.36. The van der Waals surface area contributed by atoms with Gasteiger partial charge in [0, 0.05) is 31.8 Å². The summed E-state index contributed by atoms with van der Waals surface area (Å²) in [6, 6.07) is 0. The van der Waals surface area contributed by atoms with Gasteiger partial charge < -0.3 is 0 Å². The Morgan fingerprint density at radius 3 is 2.04 bits per heavy atom. The van der Waals surface area contributed by atoms with Crippen molar-refractivity contribution in [1.82, 2.24) is 42.6 Å². The highest BCUT2D eigenvalue weighted by molar-refractivity contribution is 7.85. The van der Waals surface area contributed by atoms with Crippen LogP contribution < -0.4 is 27.1 Å². The van der Waals surface area contributed by atoms with E-state index < -0.39 is 0 Å². The smallest absolute Gasteiger partial charge is 0.118 e. The molecule has 2 aliphatic rings. The third-order valence-corrected chi connectivity index (χ3v) is 4.61. The Morgan fingerprint density at radius 2 is 1.50 bits per heavy atom. The predicted molar refractivity (Wildman–Crippen MR) is 131 cm³/mol. The molecule has 0 saturated carbocycles. The average Bonchev–Trinajstić information content (AvgIpc) is 2.61. The number of hydrogen-bond acceptors (Lipinski definition) is 10. The molecule has 0 aromatic heterocycles. The second-order valence-corrected chi connectivity index (χ2v) is 7.83. The maximum absolute atomic E-state index is 5.03. The van der Waals surface area contributed by atoms with E-state index in [2.05, 4.69) is 78.2 Å². The summed E-state index contributed by atoms with van der Waals surface area (Å²) in [6.07, 6.45) is 8.48. The van der Waals surface area contributed by atoms with Gasteiger partial charge in [0.25, 0.3) is 0 Å². The fourth-order valence-corrected chi connectivity index (χ4v) is 3.38. The molecule has 0 unspecified atom stereocenters. The molecular formula is C16H32N8S4. The van der Waals surface area contributed by atoms with Crippen molar-refractivity contribution in [2.24, 2.45) is 0 Å². The molecule has 2 rings (SSSR count). The van der Waals surface area contributed by atoms with E-state index in [1.54, 1.807) is 22.6 Å². The van der Waals surface area contributed by atoms with E-state index in [4.69, 9.17) is 24.4 Å². The zero-order chi connectivity index (χ0) is 20.9. The number of nitrogens with zero attached hydrogens (tertiary/aromatic N) is 3. The van der Waals surface area contributed by atoms with Crippen LogP contribution in [0.25, 0.3) is 0 Å². The molecule has 0 saturated heterocycles. The topological polar surface area (TPSA) is 69.9 Å². The first-order valence-corrected chi connectivity index (χ1v) is 11.1. The van der Waals surface area contributed by atoms with Crippen LogP contribution in [-0.4, -0.2) is 45.1 Å². The van der Waals surface area contributed by atoms with Crippen molar-refractivity contribution in [3.8, 4) is 0 Å². The van der Waals surface area contributed by atoms with Crippen LogP contribution in [0.15, 0.2) is 22.2 Å². The van der Waals surface area contributed by atoms with E-state index in [0.717, 1.165) is 36.1 Å². The molecule has 0 aliphatic carbocycles. The van der Waals surface area contributed by atoms with Crippen molar-refractivity contribution in [1.29, 1.82) is 0 Å². The lowest BCUT2D eigenvalue weighted by atomic mass is 10.2. The van der Waals surface area contributed by atoms with Gasteiger partial charge >= 0.3 is 0 Å². The summed E-state index contributed by atoms with van der Waals surface area (Å²) in [6.45, 7) is 9.08. The Balaban J connectivity index is 0.000000283. The van der Waals surface area contributed by atoms with Crippen molar-refractivity contribution in [3.63, 3.8) is 0 Å². The third kappa shape index (κ3) is 10.3. The van der Waals surface area contributed by atoms with Gasteiger partial charge in [0.05, 0.1) is 10.1 Å². The molecule has 2 heterocycles. The van der Waals surface area contributed by atoms with Crippen molar-refractivity contribution in [2.75, 3.05) is 19.6 Å². The highest BCUT2D eigenvalue weighted by Crippen LogP contribution is 2.04. The zero-order valence-corrected chi connectivity index (χ0v) is 20.1. The Hall–Kier alpha value is -0.600. The van der Waals surface area contributed by atoms with Crippen molar-refractivity contribution >= 4 is 59.7 Å². The summed E-state index contributed by atoms with van der Waals surface area (Å²) in [5.41, 5.74) is 15.2. The summed E-state index contributed by atoms with van der Waals surface area (Å²) in [5.74, 6) is 0. The first-order chi connectivity index (χ1) is 13.4. The molecule has 0 bridgehead atoms. The first-order valence-electron chi connectivity index (χ1n) is 9.44. The molecule has 0 radical (unpaired) electrons. The quantitative estimate of drug-likeness (QED) is 0.157. The molecule has 8 nitrogen and oxygen atoms in total. The molecular weight excluding hydrogens is 433 g/mol. The van der Waals surface area contributed by atoms with E-state index in [1.807, 2.05) is 0 Å². The first kappa shape index (κ1) is 25.4. The molecule has 0 fully saturated rings. The monoisotopic (exact) mass is 464 g/mol. The molecule has 0 aromatic rings. The molecule has 0 aromatic carbocycles. The average molecular weight is 465 g/mol. The summed E-state index contributed by atoms with van der Waals surface area (Å²) in [5, 5.41) is 6.95. The molecule has 160 valence electrons. The van der Waals surface area contributed by atoms with Crippen LogP contribution in [-0.2, 0) is 0 Å². The van der Waals surface area contributed by atoms with Crippen molar-refractivity contribution in [3.05, 3.63) is 22.2 Å². The fourth-order valence-electron chi connectivity index (χ4n) is 2.34. The van der Waals surface area contributed by atoms with E-state index in [9.17, 15) is 0 Å². The van der Waals surface area contributed by atoms with Crippen LogP contribution in [0.2, 0.25) is 0 Å². The van der Waals surface area contributed by atoms with Crippen LogP contribution in [0.3, 0.4) is 0 Å². The van der Waals surface area contributed by atoms with E-state index in [1.165, 1.54) is 19.3 Å².